The fraction of sp³-hybridized carbons (Fsp3) is 0.667. The van der Waals surface area contributed by atoms with E-state index in [1.54, 1.807) is 30.7 Å². The van der Waals surface area contributed by atoms with Crippen molar-refractivity contribution in [1.29, 1.82) is 0 Å². The van der Waals surface area contributed by atoms with Crippen molar-refractivity contribution in [2.45, 2.75) is 33.6 Å². The second-order valence-electron chi connectivity index (χ2n) is 3.90. The van der Waals surface area contributed by atoms with Crippen molar-refractivity contribution in [3.8, 4) is 0 Å². The molecule has 4 heteroatoms. The highest BCUT2D eigenvalue weighted by atomic mass is 16.2. The molecule has 1 heterocycles. The molecule has 0 aliphatic carbocycles. The van der Waals surface area contributed by atoms with Crippen molar-refractivity contribution in [1.82, 2.24) is 14.7 Å². The van der Waals surface area contributed by atoms with Gasteiger partial charge in [-0.3, -0.25) is 9.48 Å². The van der Waals surface area contributed by atoms with Crippen molar-refractivity contribution in [2.75, 3.05) is 14.1 Å². The molecule has 1 aromatic rings. The molecule has 0 N–H and O–H groups in total. The van der Waals surface area contributed by atoms with Crippen LogP contribution in [0, 0.1) is 0 Å². The molecule has 0 saturated heterocycles. The number of aryl methyl sites for hydroxylation is 2. The van der Waals surface area contributed by atoms with E-state index < -0.39 is 0 Å². The predicted molar refractivity (Wildman–Crippen MR) is 66.6 cm³/mol. The molecule has 0 atom stereocenters. The Morgan fingerprint density at radius 2 is 1.88 bits per heavy atom. The van der Waals surface area contributed by atoms with E-state index in [0.717, 1.165) is 12.1 Å². The predicted octanol–water partition coefficient (Wildman–Crippen LogP) is 2.10. The van der Waals surface area contributed by atoms with Gasteiger partial charge in [-0.15, -0.1) is 0 Å². The lowest BCUT2D eigenvalue weighted by Gasteiger charge is -2.09. The summed E-state index contributed by atoms with van der Waals surface area (Å²) in [6.45, 7) is 6.27. The zero-order valence-corrected chi connectivity index (χ0v) is 11.2. The summed E-state index contributed by atoms with van der Waals surface area (Å²) >= 11 is 0. The molecule has 1 amide bonds. The summed E-state index contributed by atoms with van der Waals surface area (Å²) in [6.07, 6.45) is 2.11. The highest BCUT2D eigenvalue weighted by molar-refractivity contribution is 5.92. The van der Waals surface area contributed by atoms with Gasteiger partial charge in [0.1, 0.15) is 5.69 Å². The van der Waals surface area contributed by atoms with Crippen LogP contribution < -0.4 is 0 Å². The zero-order chi connectivity index (χ0) is 12.7. The molecule has 0 aromatic carbocycles. The number of nitrogens with zero attached hydrogens (tertiary/aromatic N) is 3. The minimum Gasteiger partial charge on any atom is -0.343 e. The maximum atomic E-state index is 11.6. The molecule has 0 unspecified atom stereocenters. The highest BCUT2D eigenvalue weighted by Gasteiger charge is 2.13. The SMILES string of the molecule is CCC.CCc1cc(C(=O)N(C)C)n(C)n1. The average Bonchev–Trinajstić information content (AvgIpc) is 2.59. The molecule has 4 nitrogen and oxygen atoms in total. The van der Waals surface area contributed by atoms with Crippen molar-refractivity contribution >= 4 is 5.91 Å². The number of amides is 1. The number of hydrogen-bond donors (Lipinski definition) is 0. The van der Waals surface area contributed by atoms with Crippen LogP contribution >= 0.6 is 0 Å². The quantitative estimate of drug-likeness (QED) is 0.773. The highest BCUT2D eigenvalue weighted by Crippen LogP contribution is 2.05. The number of hydrogen-bond acceptors (Lipinski definition) is 2. The normalized spacial score (nSPS) is 9.38. The number of carbonyl (C=O) groups excluding carboxylic acids is 1. The van der Waals surface area contributed by atoms with Gasteiger partial charge in [0.05, 0.1) is 5.69 Å². The Bertz CT molecular complexity index is 329. The van der Waals surface area contributed by atoms with Gasteiger partial charge >= 0.3 is 0 Å². The van der Waals surface area contributed by atoms with Crippen molar-refractivity contribution in [3.63, 3.8) is 0 Å². The molecule has 0 aliphatic rings. The van der Waals surface area contributed by atoms with Gasteiger partial charge < -0.3 is 4.90 Å². The molecular formula is C12H23N3O. The van der Waals surface area contributed by atoms with Crippen LogP contribution in [0.2, 0.25) is 0 Å². The van der Waals surface area contributed by atoms with E-state index in [4.69, 9.17) is 0 Å². The minimum atomic E-state index is -0.00491. The Morgan fingerprint density at radius 3 is 2.19 bits per heavy atom. The molecular weight excluding hydrogens is 202 g/mol. The first-order chi connectivity index (χ1) is 7.47. The lowest BCUT2D eigenvalue weighted by Crippen LogP contribution is -2.24. The van der Waals surface area contributed by atoms with Gasteiger partial charge in [0.25, 0.3) is 5.91 Å². The first-order valence-electron chi connectivity index (χ1n) is 5.72. The summed E-state index contributed by atoms with van der Waals surface area (Å²) in [5.74, 6) is -0.00491. The van der Waals surface area contributed by atoms with Gasteiger partial charge in [-0.25, -0.2) is 0 Å². The fourth-order valence-corrected chi connectivity index (χ4v) is 1.13. The van der Waals surface area contributed by atoms with E-state index in [-0.39, 0.29) is 5.91 Å². The first-order valence-corrected chi connectivity index (χ1v) is 5.72. The van der Waals surface area contributed by atoms with E-state index in [1.807, 2.05) is 13.0 Å². The Labute approximate surface area is 98.3 Å². The number of carbonyl (C=O) groups is 1. The lowest BCUT2D eigenvalue weighted by molar-refractivity contribution is 0.0817. The monoisotopic (exact) mass is 225 g/mol. The standard InChI is InChI=1S/C9H15N3O.C3H8/c1-5-7-6-8(12(4)10-7)9(13)11(2)3;1-3-2/h6H,5H2,1-4H3;3H2,1-2H3. The third-order valence-electron chi connectivity index (χ3n) is 1.92. The van der Waals surface area contributed by atoms with Gasteiger partial charge in [-0.05, 0) is 12.5 Å². The summed E-state index contributed by atoms with van der Waals surface area (Å²) < 4.78 is 1.63. The van der Waals surface area contributed by atoms with E-state index in [0.29, 0.717) is 5.69 Å². The summed E-state index contributed by atoms with van der Waals surface area (Å²) in [5, 5.41) is 4.20. The minimum absolute atomic E-state index is 0.00491. The summed E-state index contributed by atoms with van der Waals surface area (Å²) in [5.41, 5.74) is 1.59. The summed E-state index contributed by atoms with van der Waals surface area (Å²) in [6, 6.07) is 1.84. The summed E-state index contributed by atoms with van der Waals surface area (Å²) in [7, 11) is 5.26. The smallest absolute Gasteiger partial charge is 0.271 e. The average molecular weight is 225 g/mol. The Balaban J connectivity index is 0.000000673. The molecule has 92 valence electrons. The first kappa shape index (κ1) is 14.7. The molecule has 16 heavy (non-hydrogen) atoms. The largest absolute Gasteiger partial charge is 0.343 e. The van der Waals surface area contributed by atoms with Crippen molar-refractivity contribution in [2.24, 2.45) is 7.05 Å². The van der Waals surface area contributed by atoms with Gasteiger partial charge in [0.2, 0.25) is 0 Å². The molecule has 0 bridgehead atoms. The van der Waals surface area contributed by atoms with Crippen LogP contribution in [-0.4, -0.2) is 34.7 Å². The van der Waals surface area contributed by atoms with Crippen molar-refractivity contribution < 1.29 is 4.79 Å². The Morgan fingerprint density at radius 1 is 1.38 bits per heavy atom. The molecule has 0 radical (unpaired) electrons. The van der Waals surface area contributed by atoms with Crippen LogP contribution in [0.5, 0.6) is 0 Å². The van der Waals surface area contributed by atoms with Gasteiger partial charge in [-0.2, -0.15) is 5.10 Å². The van der Waals surface area contributed by atoms with Crippen LogP contribution in [0.4, 0.5) is 0 Å². The second-order valence-corrected chi connectivity index (χ2v) is 3.90. The molecule has 1 aromatic heterocycles. The molecule has 0 saturated carbocycles. The topological polar surface area (TPSA) is 38.1 Å². The zero-order valence-electron chi connectivity index (χ0n) is 11.2. The lowest BCUT2D eigenvalue weighted by atomic mass is 10.3. The van der Waals surface area contributed by atoms with Crippen LogP contribution in [0.1, 0.15) is 43.4 Å². The molecule has 0 aliphatic heterocycles. The van der Waals surface area contributed by atoms with E-state index in [2.05, 4.69) is 18.9 Å². The van der Waals surface area contributed by atoms with E-state index in [1.165, 1.54) is 6.42 Å². The van der Waals surface area contributed by atoms with E-state index >= 15 is 0 Å². The second kappa shape index (κ2) is 7.04. The molecule has 0 spiro atoms. The fourth-order valence-electron chi connectivity index (χ4n) is 1.13. The van der Waals surface area contributed by atoms with Gasteiger partial charge in [0, 0.05) is 21.1 Å². The van der Waals surface area contributed by atoms with Crippen molar-refractivity contribution in [3.05, 3.63) is 17.5 Å². The molecule has 0 fully saturated rings. The van der Waals surface area contributed by atoms with Crippen LogP contribution in [0.15, 0.2) is 6.07 Å². The Hall–Kier alpha value is -1.32. The summed E-state index contributed by atoms with van der Waals surface area (Å²) in [4.78, 5) is 13.1. The van der Waals surface area contributed by atoms with Crippen LogP contribution in [0.25, 0.3) is 0 Å². The molecule has 1 rings (SSSR count). The third-order valence-corrected chi connectivity index (χ3v) is 1.92. The Kier molecular flexibility index (Phi) is 6.46. The van der Waals surface area contributed by atoms with E-state index in [9.17, 15) is 4.79 Å². The van der Waals surface area contributed by atoms with Crippen LogP contribution in [0.3, 0.4) is 0 Å². The maximum absolute atomic E-state index is 11.6. The number of rotatable bonds is 2. The van der Waals surface area contributed by atoms with Gasteiger partial charge in [-0.1, -0.05) is 27.2 Å². The number of aromatic nitrogens is 2. The van der Waals surface area contributed by atoms with Crippen LogP contribution in [-0.2, 0) is 13.5 Å². The maximum Gasteiger partial charge on any atom is 0.271 e. The van der Waals surface area contributed by atoms with Gasteiger partial charge in [0.15, 0.2) is 0 Å². The third kappa shape index (κ3) is 4.04.